The summed E-state index contributed by atoms with van der Waals surface area (Å²) in [5, 5.41) is 4.56. The van der Waals surface area contributed by atoms with Crippen LogP contribution in [0.15, 0.2) is 48.5 Å². The number of amides is 1. The predicted octanol–water partition coefficient (Wildman–Crippen LogP) is 5.07. The summed E-state index contributed by atoms with van der Waals surface area (Å²) in [5.41, 5.74) is 4.65. The Morgan fingerprint density at radius 2 is 1.94 bits per heavy atom. The molecule has 3 heterocycles. The summed E-state index contributed by atoms with van der Waals surface area (Å²) in [6.07, 6.45) is 1.29. The van der Waals surface area contributed by atoms with E-state index in [1.807, 2.05) is 38.1 Å². The number of ether oxygens (including phenoxy) is 1. The van der Waals surface area contributed by atoms with Gasteiger partial charge in [0.25, 0.3) is 0 Å². The maximum atomic E-state index is 12.5. The zero-order valence-electron chi connectivity index (χ0n) is 19.6. The molecule has 0 atom stereocenters. The highest BCUT2D eigenvalue weighted by Crippen LogP contribution is 2.38. The lowest BCUT2D eigenvalue weighted by Crippen LogP contribution is -2.66. The summed E-state index contributed by atoms with van der Waals surface area (Å²) in [6.45, 7) is 9.23. The molecule has 3 aromatic rings. The van der Waals surface area contributed by atoms with Crippen LogP contribution >= 0.6 is 22.9 Å². The number of thiazole rings is 1. The maximum absolute atomic E-state index is 12.5. The van der Waals surface area contributed by atoms with Crippen molar-refractivity contribution in [3.8, 4) is 21.0 Å². The van der Waals surface area contributed by atoms with Gasteiger partial charge in [0, 0.05) is 41.7 Å². The predicted molar refractivity (Wildman–Crippen MR) is 138 cm³/mol. The standard InChI is InChI=1S/C27H30ClN3O2S/c1-18(2)29-24(32)13-23-25(21-4-3-5-22(28)12-21)34-26(30-23)20-8-6-19(7-9-20)10-11-31-14-27(15-31)16-33-17-27/h3-9,12,18H,10-11,13-17H2,1-2H3,(H,29,32). The van der Waals surface area contributed by atoms with Crippen LogP contribution < -0.4 is 5.32 Å². The number of aromatic nitrogens is 1. The number of halogens is 1. The van der Waals surface area contributed by atoms with Crippen LogP contribution in [-0.4, -0.2) is 54.7 Å². The van der Waals surface area contributed by atoms with Gasteiger partial charge in [0.2, 0.25) is 5.91 Å². The van der Waals surface area contributed by atoms with Crippen LogP contribution in [0.1, 0.15) is 25.1 Å². The molecule has 7 heteroatoms. The first-order valence-electron chi connectivity index (χ1n) is 11.8. The van der Waals surface area contributed by atoms with Gasteiger partial charge < -0.3 is 15.0 Å². The monoisotopic (exact) mass is 495 g/mol. The fraction of sp³-hybridized carbons (Fsp3) is 0.407. The number of nitrogens with one attached hydrogen (secondary N) is 1. The van der Waals surface area contributed by atoms with Crippen molar-refractivity contribution < 1.29 is 9.53 Å². The van der Waals surface area contributed by atoms with Gasteiger partial charge in [0.05, 0.1) is 30.2 Å². The molecule has 2 saturated heterocycles. The Kier molecular flexibility index (Phi) is 6.76. The molecule has 2 fully saturated rings. The summed E-state index contributed by atoms with van der Waals surface area (Å²) in [6, 6.07) is 16.5. The fourth-order valence-corrected chi connectivity index (χ4v) is 5.98. The molecule has 34 heavy (non-hydrogen) atoms. The van der Waals surface area contributed by atoms with Gasteiger partial charge in [-0.25, -0.2) is 4.98 Å². The SMILES string of the molecule is CC(C)NC(=O)Cc1nc(-c2ccc(CCN3CC4(COC4)C3)cc2)sc1-c1cccc(Cl)c1. The van der Waals surface area contributed by atoms with Crippen molar-refractivity contribution in [3.63, 3.8) is 0 Å². The Balaban J connectivity index is 1.31. The summed E-state index contributed by atoms with van der Waals surface area (Å²) >= 11 is 7.86. The van der Waals surface area contributed by atoms with Crippen LogP contribution in [0.2, 0.25) is 5.02 Å². The van der Waals surface area contributed by atoms with Gasteiger partial charge in [-0.2, -0.15) is 0 Å². The van der Waals surface area contributed by atoms with Gasteiger partial charge in [-0.1, -0.05) is 48.0 Å². The molecular weight excluding hydrogens is 466 g/mol. The van der Waals surface area contributed by atoms with Crippen LogP contribution in [0.5, 0.6) is 0 Å². The van der Waals surface area contributed by atoms with E-state index in [4.69, 9.17) is 21.3 Å². The van der Waals surface area contributed by atoms with Crippen LogP contribution in [0.4, 0.5) is 0 Å². The second kappa shape index (κ2) is 9.78. The third-order valence-corrected chi connectivity index (χ3v) is 7.84. The normalized spacial score (nSPS) is 16.9. The molecule has 2 aliphatic rings. The molecule has 0 unspecified atom stereocenters. The molecule has 0 saturated carbocycles. The highest BCUT2D eigenvalue weighted by molar-refractivity contribution is 7.18. The molecule has 0 radical (unpaired) electrons. The average molecular weight is 496 g/mol. The quantitative estimate of drug-likeness (QED) is 0.474. The second-order valence-electron chi connectivity index (χ2n) is 9.85. The smallest absolute Gasteiger partial charge is 0.226 e. The molecule has 5 rings (SSSR count). The van der Waals surface area contributed by atoms with E-state index in [0.29, 0.717) is 10.4 Å². The van der Waals surface area contributed by atoms with E-state index in [-0.39, 0.29) is 18.4 Å². The summed E-state index contributed by atoms with van der Waals surface area (Å²) in [4.78, 5) is 20.9. The Labute approximate surface area is 210 Å². The number of nitrogens with zero attached hydrogens (tertiary/aromatic N) is 2. The van der Waals surface area contributed by atoms with E-state index in [2.05, 4.69) is 34.5 Å². The lowest BCUT2D eigenvalue weighted by atomic mass is 9.78. The first-order valence-corrected chi connectivity index (χ1v) is 13.0. The average Bonchev–Trinajstić information content (AvgIpc) is 3.15. The molecule has 0 aliphatic carbocycles. The molecule has 0 bridgehead atoms. The minimum Gasteiger partial charge on any atom is -0.380 e. The number of rotatable bonds is 8. The zero-order valence-corrected chi connectivity index (χ0v) is 21.2. The maximum Gasteiger partial charge on any atom is 0.226 e. The molecule has 2 aliphatic heterocycles. The van der Waals surface area contributed by atoms with E-state index >= 15 is 0 Å². The van der Waals surface area contributed by atoms with E-state index in [1.54, 1.807) is 11.3 Å². The van der Waals surface area contributed by atoms with Crippen molar-refractivity contribution in [1.82, 2.24) is 15.2 Å². The topological polar surface area (TPSA) is 54.5 Å². The van der Waals surface area contributed by atoms with Gasteiger partial charge in [-0.15, -0.1) is 11.3 Å². The molecule has 1 N–H and O–H groups in total. The summed E-state index contributed by atoms with van der Waals surface area (Å²) in [7, 11) is 0. The number of likely N-dealkylation sites (tertiary alicyclic amines) is 1. The van der Waals surface area contributed by atoms with Gasteiger partial charge in [-0.3, -0.25) is 4.79 Å². The second-order valence-corrected chi connectivity index (χ2v) is 11.3. The van der Waals surface area contributed by atoms with E-state index in [0.717, 1.165) is 52.9 Å². The summed E-state index contributed by atoms with van der Waals surface area (Å²) in [5.74, 6) is -0.0216. The van der Waals surface area contributed by atoms with Gasteiger partial charge >= 0.3 is 0 Å². The van der Waals surface area contributed by atoms with Gasteiger partial charge in [0.1, 0.15) is 5.01 Å². The Hall–Kier alpha value is -2.25. The highest BCUT2D eigenvalue weighted by atomic mass is 35.5. The number of hydrogen-bond acceptors (Lipinski definition) is 5. The number of carbonyl (C=O) groups excluding carboxylic acids is 1. The molecule has 5 nitrogen and oxygen atoms in total. The number of benzene rings is 2. The zero-order chi connectivity index (χ0) is 23.7. The fourth-order valence-electron chi connectivity index (χ4n) is 4.71. The lowest BCUT2D eigenvalue weighted by Gasteiger charge is -2.55. The van der Waals surface area contributed by atoms with Crippen molar-refractivity contribution in [2.45, 2.75) is 32.7 Å². The minimum atomic E-state index is -0.0216. The van der Waals surface area contributed by atoms with Crippen molar-refractivity contribution in [2.75, 3.05) is 32.8 Å². The van der Waals surface area contributed by atoms with Crippen molar-refractivity contribution in [3.05, 3.63) is 64.8 Å². The van der Waals surface area contributed by atoms with E-state index in [9.17, 15) is 4.79 Å². The van der Waals surface area contributed by atoms with E-state index in [1.165, 1.54) is 18.7 Å². The van der Waals surface area contributed by atoms with Crippen LogP contribution in [0, 0.1) is 5.41 Å². The third kappa shape index (κ3) is 5.20. The van der Waals surface area contributed by atoms with Crippen LogP contribution in [0.25, 0.3) is 21.0 Å². The first kappa shape index (κ1) is 23.5. The van der Waals surface area contributed by atoms with Gasteiger partial charge in [-0.05, 0) is 43.5 Å². The molecule has 178 valence electrons. The van der Waals surface area contributed by atoms with Gasteiger partial charge in [0.15, 0.2) is 0 Å². The first-order chi connectivity index (χ1) is 16.4. The van der Waals surface area contributed by atoms with Crippen LogP contribution in [-0.2, 0) is 22.4 Å². The number of hydrogen-bond donors (Lipinski definition) is 1. The molecule has 2 aromatic carbocycles. The Morgan fingerprint density at radius 3 is 2.59 bits per heavy atom. The Morgan fingerprint density at radius 1 is 1.18 bits per heavy atom. The van der Waals surface area contributed by atoms with E-state index < -0.39 is 0 Å². The summed E-state index contributed by atoms with van der Waals surface area (Å²) < 4.78 is 5.37. The molecular formula is C27H30ClN3O2S. The van der Waals surface area contributed by atoms with Crippen molar-refractivity contribution >= 4 is 28.8 Å². The van der Waals surface area contributed by atoms with Crippen LogP contribution in [0.3, 0.4) is 0 Å². The van der Waals surface area contributed by atoms with Crippen molar-refractivity contribution in [2.24, 2.45) is 5.41 Å². The molecule has 1 aromatic heterocycles. The number of carbonyl (C=O) groups is 1. The van der Waals surface area contributed by atoms with Crippen molar-refractivity contribution in [1.29, 1.82) is 0 Å². The lowest BCUT2D eigenvalue weighted by molar-refractivity contribution is -0.188. The minimum absolute atomic E-state index is 0.0216. The largest absolute Gasteiger partial charge is 0.380 e. The molecule has 1 amide bonds. The Bertz CT molecular complexity index is 1160. The molecule has 1 spiro atoms. The highest BCUT2D eigenvalue weighted by Gasteiger charge is 2.48. The third-order valence-electron chi connectivity index (χ3n) is 6.41.